The summed E-state index contributed by atoms with van der Waals surface area (Å²) in [6.45, 7) is 7.10. The largest absolute Gasteiger partial charge is 0.376 e. The van der Waals surface area contributed by atoms with Crippen LogP contribution in [0, 0.1) is 19.8 Å². The first-order chi connectivity index (χ1) is 9.61. The van der Waals surface area contributed by atoms with E-state index >= 15 is 0 Å². The molecule has 2 unspecified atom stereocenters. The van der Waals surface area contributed by atoms with Gasteiger partial charge in [-0.2, -0.15) is 0 Å². The van der Waals surface area contributed by atoms with Crippen molar-refractivity contribution in [3.8, 4) is 0 Å². The number of ether oxygens (including phenoxy) is 1. The third kappa shape index (κ3) is 3.83. The van der Waals surface area contributed by atoms with Crippen molar-refractivity contribution in [1.29, 1.82) is 0 Å². The number of hydrogen-bond donors (Lipinski definition) is 1. The Bertz CT molecular complexity index is 403. The number of benzene rings is 1. The van der Waals surface area contributed by atoms with Crippen LogP contribution >= 0.6 is 0 Å². The van der Waals surface area contributed by atoms with Crippen LogP contribution in [0.2, 0.25) is 0 Å². The molecule has 0 aromatic heterocycles. The molecular weight excluding hydrogens is 246 g/mol. The van der Waals surface area contributed by atoms with Gasteiger partial charge in [-0.25, -0.2) is 0 Å². The van der Waals surface area contributed by atoms with E-state index in [4.69, 9.17) is 10.5 Å². The summed E-state index contributed by atoms with van der Waals surface area (Å²) in [7, 11) is 0. The molecule has 0 radical (unpaired) electrons. The molecule has 1 aromatic carbocycles. The summed E-state index contributed by atoms with van der Waals surface area (Å²) < 4.78 is 6.05. The van der Waals surface area contributed by atoms with Crippen molar-refractivity contribution < 1.29 is 4.74 Å². The molecule has 0 amide bonds. The summed E-state index contributed by atoms with van der Waals surface area (Å²) in [6, 6.07) is 6.63. The lowest BCUT2D eigenvalue weighted by Crippen LogP contribution is -2.36. The molecule has 0 aliphatic heterocycles. The van der Waals surface area contributed by atoms with Gasteiger partial charge in [0, 0.05) is 6.61 Å². The fourth-order valence-corrected chi connectivity index (χ4v) is 3.58. The van der Waals surface area contributed by atoms with E-state index in [-0.39, 0.29) is 12.1 Å². The zero-order valence-corrected chi connectivity index (χ0v) is 13.2. The zero-order valence-electron chi connectivity index (χ0n) is 13.2. The summed E-state index contributed by atoms with van der Waals surface area (Å²) in [6.07, 6.45) is 6.73. The van der Waals surface area contributed by atoms with Gasteiger partial charge in [-0.1, -0.05) is 48.6 Å². The van der Waals surface area contributed by atoms with Crippen molar-refractivity contribution in [3.63, 3.8) is 0 Å². The summed E-state index contributed by atoms with van der Waals surface area (Å²) in [5, 5.41) is 0. The van der Waals surface area contributed by atoms with Crippen molar-refractivity contribution in [1.82, 2.24) is 0 Å². The summed E-state index contributed by atoms with van der Waals surface area (Å²) >= 11 is 0. The van der Waals surface area contributed by atoms with Crippen LogP contribution < -0.4 is 5.73 Å². The molecular formula is C18H29NO. The third-order valence-corrected chi connectivity index (χ3v) is 4.46. The number of nitrogens with two attached hydrogens (primary N) is 1. The highest BCUT2D eigenvalue weighted by Crippen LogP contribution is 2.33. The smallest absolute Gasteiger partial charge is 0.0795 e. The predicted molar refractivity (Wildman–Crippen MR) is 84.8 cm³/mol. The van der Waals surface area contributed by atoms with Crippen LogP contribution in [-0.4, -0.2) is 12.7 Å². The topological polar surface area (TPSA) is 35.2 Å². The maximum Gasteiger partial charge on any atom is 0.0795 e. The molecule has 1 fully saturated rings. The fourth-order valence-electron chi connectivity index (χ4n) is 3.58. The van der Waals surface area contributed by atoms with E-state index in [1.165, 1.54) is 48.8 Å². The molecule has 0 spiro atoms. The van der Waals surface area contributed by atoms with Gasteiger partial charge in [0.05, 0.1) is 12.1 Å². The average molecular weight is 275 g/mol. The van der Waals surface area contributed by atoms with Gasteiger partial charge in [0.2, 0.25) is 0 Å². The van der Waals surface area contributed by atoms with Gasteiger partial charge in [0.15, 0.2) is 0 Å². The highest BCUT2D eigenvalue weighted by molar-refractivity contribution is 5.31. The Balaban J connectivity index is 2.18. The van der Waals surface area contributed by atoms with Crippen molar-refractivity contribution >= 4 is 0 Å². The summed E-state index contributed by atoms with van der Waals surface area (Å²) in [4.78, 5) is 0. The van der Waals surface area contributed by atoms with Crippen LogP contribution in [0.25, 0.3) is 0 Å². The Morgan fingerprint density at radius 2 is 1.70 bits per heavy atom. The molecule has 2 nitrogen and oxygen atoms in total. The lowest BCUT2D eigenvalue weighted by molar-refractivity contribution is -0.00986. The van der Waals surface area contributed by atoms with E-state index in [0.29, 0.717) is 5.92 Å². The molecule has 1 aliphatic carbocycles. The molecule has 1 aliphatic rings. The lowest BCUT2D eigenvalue weighted by atomic mass is 9.81. The fraction of sp³-hybridized carbons (Fsp3) is 0.667. The lowest BCUT2D eigenvalue weighted by Gasteiger charge is -2.34. The van der Waals surface area contributed by atoms with Gasteiger partial charge in [-0.15, -0.1) is 0 Å². The van der Waals surface area contributed by atoms with Gasteiger partial charge in [-0.3, -0.25) is 0 Å². The predicted octanol–water partition coefficient (Wildman–Crippen LogP) is 4.29. The number of aryl methyl sites for hydroxylation is 2. The van der Waals surface area contributed by atoms with Crippen LogP contribution in [0.3, 0.4) is 0 Å². The van der Waals surface area contributed by atoms with Gasteiger partial charge >= 0.3 is 0 Å². The van der Waals surface area contributed by atoms with Gasteiger partial charge in [0.25, 0.3) is 0 Å². The number of rotatable bonds is 5. The van der Waals surface area contributed by atoms with E-state index in [9.17, 15) is 0 Å². The standard InChI is InChI=1S/C18H29NO/c1-4-20-18(15-8-6-5-7-9-15)17(19)16-11-13(2)10-14(3)12-16/h10-12,15,17-18H,4-9,19H2,1-3H3. The Kier molecular flexibility index (Phi) is 5.62. The van der Waals surface area contributed by atoms with Crippen LogP contribution in [0.5, 0.6) is 0 Å². The quantitative estimate of drug-likeness (QED) is 0.870. The van der Waals surface area contributed by atoms with E-state index in [2.05, 4.69) is 39.0 Å². The van der Waals surface area contributed by atoms with Crippen molar-refractivity contribution in [3.05, 3.63) is 34.9 Å². The molecule has 0 heterocycles. The van der Waals surface area contributed by atoms with Crippen molar-refractivity contribution in [2.45, 2.75) is 65.0 Å². The zero-order chi connectivity index (χ0) is 14.5. The summed E-state index contributed by atoms with van der Waals surface area (Å²) in [5.41, 5.74) is 10.4. The molecule has 1 saturated carbocycles. The van der Waals surface area contributed by atoms with Gasteiger partial charge in [0.1, 0.15) is 0 Å². The third-order valence-electron chi connectivity index (χ3n) is 4.46. The maximum absolute atomic E-state index is 6.57. The second-order valence-corrected chi connectivity index (χ2v) is 6.26. The van der Waals surface area contributed by atoms with Crippen LogP contribution in [0.15, 0.2) is 18.2 Å². The molecule has 2 N–H and O–H groups in total. The second kappa shape index (κ2) is 7.24. The van der Waals surface area contributed by atoms with Crippen LogP contribution in [-0.2, 0) is 4.74 Å². The average Bonchev–Trinajstić information content (AvgIpc) is 2.44. The van der Waals surface area contributed by atoms with Crippen LogP contribution in [0.4, 0.5) is 0 Å². The molecule has 112 valence electrons. The Hall–Kier alpha value is -0.860. The van der Waals surface area contributed by atoms with Crippen LogP contribution in [0.1, 0.15) is 61.8 Å². The molecule has 20 heavy (non-hydrogen) atoms. The highest BCUT2D eigenvalue weighted by atomic mass is 16.5. The first-order valence-corrected chi connectivity index (χ1v) is 8.07. The van der Waals surface area contributed by atoms with E-state index in [1.54, 1.807) is 0 Å². The number of hydrogen-bond acceptors (Lipinski definition) is 2. The Morgan fingerprint density at radius 1 is 1.10 bits per heavy atom. The van der Waals surface area contributed by atoms with E-state index in [0.717, 1.165) is 6.61 Å². The van der Waals surface area contributed by atoms with Crippen molar-refractivity contribution in [2.24, 2.45) is 11.7 Å². The molecule has 0 bridgehead atoms. The van der Waals surface area contributed by atoms with Gasteiger partial charge < -0.3 is 10.5 Å². The summed E-state index contributed by atoms with van der Waals surface area (Å²) in [5.74, 6) is 0.625. The Labute approximate surface area is 123 Å². The maximum atomic E-state index is 6.57. The monoisotopic (exact) mass is 275 g/mol. The first-order valence-electron chi connectivity index (χ1n) is 8.07. The van der Waals surface area contributed by atoms with Crippen molar-refractivity contribution in [2.75, 3.05) is 6.61 Å². The normalized spacial score (nSPS) is 19.8. The molecule has 2 heteroatoms. The first kappa shape index (κ1) is 15.5. The minimum atomic E-state index is -0.00310. The molecule has 0 saturated heterocycles. The SMILES string of the molecule is CCOC(C1CCCCC1)C(N)c1cc(C)cc(C)c1. The highest BCUT2D eigenvalue weighted by Gasteiger charge is 2.30. The molecule has 2 rings (SSSR count). The minimum absolute atomic E-state index is 0.00310. The molecule has 2 atom stereocenters. The van der Waals surface area contributed by atoms with Gasteiger partial charge in [-0.05, 0) is 45.1 Å². The molecule has 1 aromatic rings. The van der Waals surface area contributed by atoms with E-state index < -0.39 is 0 Å². The Morgan fingerprint density at radius 3 is 2.25 bits per heavy atom. The minimum Gasteiger partial charge on any atom is -0.376 e. The van der Waals surface area contributed by atoms with E-state index in [1.807, 2.05) is 0 Å². The second-order valence-electron chi connectivity index (χ2n) is 6.26.